The van der Waals surface area contributed by atoms with E-state index in [1.54, 1.807) is 0 Å². The summed E-state index contributed by atoms with van der Waals surface area (Å²) >= 11 is 0. The van der Waals surface area contributed by atoms with Gasteiger partial charge in [-0.2, -0.15) is 5.10 Å². The highest BCUT2D eigenvalue weighted by Crippen LogP contribution is 2.36. The van der Waals surface area contributed by atoms with E-state index in [2.05, 4.69) is 43.1 Å². The zero-order valence-corrected chi connectivity index (χ0v) is 15.2. The number of amides is 1. The smallest absolute Gasteiger partial charge is 0.226 e. The lowest BCUT2D eigenvalue weighted by atomic mass is 9.94. The first-order valence-electron chi connectivity index (χ1n) is 8.42. The van der Waals surface area contributed by atoms with Crippen LogP contribution in [0, 0.1) is 12.8 Å². The molecule has 0 radical (unpaired) electrons. The minimum atomic E-state index is -0.182. The molecule has 1 aromatic rings. The van der Waals surface area contributed by atoms with E-state index < -0.39 is 0 Å². The Hall–Kier alpha value is -1.40. The number of carbonyl (C=O) groups excluding carboxylic acids is 1. The van der Waals surface area contributed by atoms with Gasteiger partial charge >= 0.3 is 0 Å². The topological polar surface area (TPSA) is 59.4 Å². The summed E-state index contributed by atoms with van der Waals surface area (Å²) in [5.41, 5.74) is 2.08. The molecule has 2 rings (SSSR count). The maximum atomic E-state index is 12.7. The predicted octanol–water partition coefficient (Wildman–Crippen LogP) is 1.65. The zero-order valence-electron chi connectivity index (χ0n) is 15.2. The average Bonchev–Trinajstić information content (AvgIpc) is 3.06. The van der Waals surface area contributed by atoms with Crippen LogP contribution < -0.4 is 5.32 Å². The van der Waals surface area contributed by atoms with Crippen LogP contribution in [-0.4, -0.2) is 52.9 Å². The fourth-order valence-corrected chi connectivity index (χ4v) is 3.00. The predicted molar refractivity (Wildman–Crippen MR) is 90.1 cm³/mol. The normalized spacial score (nSPS) is 22.8. The van der Waals surface area contributed by atoms with E-state index >= 15 is 0 Å². The van der Waals surface area contributed by atoms with Crippen LogP contribution in [0.3, 0.4) is 0 Å². The van der Waals surface area contributed by atoms with Crippen LogP contribution in [0.1, 0.15) is 44.6 Å². The highest BCUT2D eigenvalue weighted by molar-refractivity contribution is 5.80. The van der Waals surface area contributed by atoms with Crippen molar-refractivity contribution in [1.82, 2.24) is 20.0 Å². The second kappa shape index (κ2) is 7.45. The second-order valence-corrected chi connectivity index (χ2v) is 6.94. The van der Waals surface area contributed by atoms with E-state index in [-0.39, 0.29) is 24.0 Å². The molecule has 0 aliphatic carbocycles. The third-order valence-electron chi connectivity index (χ3n) is 4.84. The number of likely N-dealkylation sites (N-methyl/N-ethyl adjacent to an activating group) is 1. The van der Waals surface area contributed by atoms with Crippen molar-refractivity contribution in [2.75, 3.05) is 20.2 Å². The lowest BCUT2D eigenvalue weighted by Gasteiger charge is -2.27. The maximum Gasteiger partial charge on any atom is 0.226 e. The van der Waals surface area contributed by atoms with Crippen molar-refractivity contribution in [3.63, 3.8) is 0 Å². The molecule has 130 valence electrons. The summed E-state index contributed by atoms with van der Waals surface area (Å²) in [5.74, 6) is -0.0508. The first-order chi connectivity index (χ1) is 10.8. The molecule has 1 amide bonds. The van der Waals surface area contributed by atoms with Crippen LogP contribution in [0.5, 0.6) is 0 Å². The summed E-state index contributed by atoms with van der Waals surface area (Å²) in [6.07, 6.45) is 2.40. The molecule has 1 N–H and O–H groups in total. The molecule has 0 unspecified atom stereocenters. The number of hydrogen-bond donors (Lipinski definition) is 1. The monoisotopic (exact) mass is 322 g/mol. The molecule has 0 spiro atoms. The Bertz CT molecular complexity index is 541. The molecule has 2 heterocycles. The van der Waals surface area contributed by atoms with Gasteiger partial charge in [-0.3, -0.25) is 9.48 Å². The third-order valence-corrected chi connectivity index (χ3v) is 4.84. The van der Waals surface area contributed by atoms with Crippen molar-refractivity contribution in [1.29, 1.82) is 0 Å². The molecule has 1 aromatic heterocycles. The number of rotatable bonds is 6. The highest BCUT2D eigenvalue weighted by atomic mass is 16.5. The van der Waals surface area contributed by atoms with Crippen LogP contribution in [-0.2, 0) is 16.6 Å². The Balaban J connectivity index is 1.99. The number of aryl methyl sites for hydroxylation is 1. The van der Waals surface area contributed by atoms with Crippen LogP contribution in [0.4, 0.5) is 0 Å². The molecular weight excluding hydrogens is 292 g/mol. The van der Waals surface area contributed by atoms with Crippen molar-refractivity contribution >= 4 is 5.91 Å². The molecule has 6 heteroatoms. The lowest BCUT2D eigenvalue weighted by Crippen LogP contribution is -2.45. The van der Waals surface area contributed by atoms with Gasteiger partial charge in [-0.05, 0) is 41.2 Å². The van der Waals surface area contributed by atoms with Gasteiger partial charge in [-0.15, -0.1) is 0 Å². The Labute approximate surface area is 139 Å². The summed E-state index contributed by atoms with van der Waals surface area (Å²) in [5, 5.41) is 7.42. The standard InChI is InChI=1S/C17H30N4O2/c1-11(2)20(5)10-12(3)19-17(22)14-7-8-23-16(14)15-9-18-21(6)13(15)4/h9,11-12,14,16H,7-8,10H2,1-6H3,(H,19,22)/t12-,14-,16-/m0/s1. The Kier molecular flexibility index (Phi) is 5.81. The van der Waals surface area contributed by atoms with E-state index in [0.29, 0.717) is 12.6 Å². The first kappa shape index (κ1) is 17.9. The minimum absolute atomic E-state index is 0.0837. The summed E-state index contributed by atoms with van der Waals surface area (Å²) in [6.45, 7) is 9.84. The molecule has 0 aromatic carbocycles. The Morgan fingerprint density at radius 3 is 2.78 bits per heavy atom. The van der Waals surface area contributed by atoms with Crippen molar-refractivity contribution in [3.8, 4) is 0 Å². The third kappa shape index (κ3) is 4.12. The number of hydrogen-bond acceptors (Lipinski definition) is 4. The first-order valence-corrected chi connectivity index (χ1v) is 8.42. The largest absolute Gasteiger partial charge is 0.373 e. The number of carbonyl (C=O) groups is 1. The average molecular weight is 322 g/mol. The molecule has 1 saturated heterocycles. The van der Waals surface area contributed by atoms with Crippen LogP contribution in [0.2, 0.25) is 0 Å². The number of nitrogens with zero attached hydrogens (tertiary/aromatic N) is 3. The lowest BCUT2D eigenvalue weighted by molar-refractivity contribution is -0.127. The van der Waals surface area contributed by atoms with Gasteiger partial charge in [0.25, 0.3) is 0 Å². The van der Waals surface area contributed by atoms with Gasteiger partial charge in [-0.1, -0.05) is 0 Å². The quantitative estimate of drug-likeness (QED) is 0.865. The minimum Gasteiger partial charge on any atom is -0.373 e. The van der Waals surface area contributed by atoms with Crippen molar-refractivity contribution in [2.45, 2.75) is 52.3 Å². The van der Waals surface area contributed by atoms with Crippen molar-refractivity contribution in [3.05, 3.63) is 17.5 Å². The van der Waals surface area contributed by atoms with Crippen LogP contribution >= 0.6 is 0 Å². The van der Waals surface area contributed by atoms with Gasteiger partial charge in [0.15, 0.2) is 0 Å². The van der Waals surface area contributed by atoms with Crippen LogP contribution in [0.25, 0.3) is 0 Å². The van der Waals surface area contributed by atoms with Gasteiger partial charge in [0, 0.05) is 43.5 Å². The maximum absolute atomic E-state index is 12.7. The van der Waals surface area contributed by atoms with Gasteiger partial charge in [0.2, 0.25) is 5.91 Å². The summed E-state index contributed by atoms with van der Waals surface area (Å²) in [6, 6.07) is 0.584. The summed E-state index contributed by atoms with van der Waals surface area (Å²) in [7, 11) is 3.99. The molecule has 6 nitrogen and oxygen atoms in total. The zero-order chi connectivity index (χ0) is 17.1. The Morgan fingerprint density at radius 2 is 2.22 bits per heavy atom. The van der Waals surface area contributed by atoms with Crippen molar-refractivity contribution in [2.24, 2.45) is 13.0 Å². The van der Waals surface area contributed by atoms with Crippen molar-refractivity contribution < 1.29 is 9.53 Å². The van der Waals surface area contributed by atoms with Gasteiger partial charge in [0.05, 0.1) is 18.2 Å². The van der Waals surface area contributed by atoms with Gasteiger partial charge in [0.1, 0.15) is 0 Å². The number of nitrogens with one attached hydrogen (secondary N) is 1. The fourth-order valence-electron chi connectivity index (χ4n) is 3.00. The number of aromatic nitrogens is 2. The summed E-state index contributed by atoms with van der Waals surface area (Å²) in [4.78, 5) is 14.9. The number of ether oxygens (including phenoxy) is 1. The van der Waals surface area contributed by atoms with E-state index in [9.17, 15) is 4.79 Å². The molecule has 23 heavy (non-hydrogen) atoms. The second-order valence-electron chi connectivity index (χ2n) is 6.94. The van der Waals surface area contributed by atoms with Crippen LogP contribution in [0.15, 0.2) is 6.20 Å². The molecule has 1 fully saturated rings. The highest BCUT2D eigenvalue weighted by Gasteiger charge is 2.37. The molecular formula is C17H30N4O2. The van der Waals surface area contributed by atoms with E-state index in [1.807, 2.05) is 24.9 Å². The SMILES string of the molecule is Cc1c([C@H]2OCC[C@@H]2C(=O)N[C@@H](C)CN(C)C(C)C)cnn1C. The molecule has 1 aliphatic heterocycles. The van der Waals surface area contributed by atoms with E-state index in [4.69, 9.17) is 4.74 Å². The molecule has 3 atom stereocenters. The molecule has 0 saturated carbocycles. The summed E-state index contributed by atoms with van der Waals surface area (Å²) < 4.78 is 7.67. The van der Waals surface area contributed by atoms with E-state index in [0.717, 1.165) is 24.2 Å². The molecule has 0 bridgehead atoms. The van der Waals surface area contributed by atoms with Gasteiger partial charge < -0.3 is 15.0 Å². The van der Waals surface area contributed by atoms with E-state index in [1.165, 1.54) is 0 Å². The fraction of sp³-hybridized carbons (Fsp3) is 0.765. The molecule has 1 aliphatic rings. The Morgan fingerprint density at radius 1 is 1.52 bits per heavy atom. The van der Waals surface area contributed by atoms with Gasteiger partial charge in [-0.25, -0.2) is 0 Å².